The molecule has 208 valence electrons. The molecule has 0 aliphatic carbocycles. The molecule has 1 fully saturated rings. The standard InChI is InChI=1S/C25H18F5N5O3S2/c1-39-23-32-19-12(21(33-23)35-5-2-7-38-8-6-35)9-14(25(28,29)30)17(18(19)27)11-3-4-15(26)20-16(11)13(10-31)22(40-20)34-24(36)37/h3-4,9,34H,2,5-8H2,1H3,(H,36,37). The van der Waals surface area contributed by atoms with E-state index in [-0.39, 0.29) is 37.0 Å². The fourth-order valence-corrected chi connectivity index (χ4v) is 6.07. The van der Waals surface area contributed by atoms with Gasteiger partial charge in [-0.25, -0.2) is 23.5 Å². The quantitative estimate of drug-likeness (QED) is 0.152. The summed E-state index contributed by atoms with van der Waals surface area (Å²) >= 11 is 1.61. The SMILES string of the molecule is CSc1nc(N2CCCOCC2)c2cc(C(F)(F)F)c(-c3ccc(F)c4sc(NC(=O)O)c(C#N)c34)c(F)c2n1. The Bertz CT molecular complexity index is 1700. The minimum Gasteiger partial charge on any atom is -0.465 e. The molecule has 1 aliphatic rings. The number of amides is 1. The van der Waals surface area contributed by atoms with Gasteiger partial charge in [0, 0.05) is 36.0 Å². The molecule has 0 spiro atoms. The number of nitrogens with one attached hydrogen (secondary N) is 1. The van der Waals surface area contributed by atoms with Crippen molar-refractivity contribution in [3.63, 3.8) is 0 Å². The highest BCUT2D eigenvalue weighted by molar-refractivity contribution is 7.98. The number of benzene rings is 2. The Balaban J connectivity index is 1.89. The number of anilines is 2. The second-order valence-corrected chi connectivity index (χ2v) is 10.4. The molecule has 40 heavy (non-hydrogen) atoms. The molecule has 2 aromatic heterocycles. The van der Waals surface area contributed by atoms with E-state index < -0.39 is 46.2 Å². The number of carboxylic acid groups (broad SMARTS) is 1. The summed E-state index contributed by atoms with van der Waals surface area (Å²) < 4.78 is 80.2. The molecule has 0 atom stereocenters. The first-order valence-corrected chi connectivity index (χ1v) is 13.7. The topological polar surface area (TPSA) is 111 Å². The first-order valence-electron chi connectivity index (χ1n) is 11.7. The van der Waals surface area contributed by atoms with Crippen molar-refractivity contribution >= 4 is 61.0 Å². The van der Waals surface area contributed by atoms with Crippen LogP contribution in [0.4, 0.5) is 37.6 Å². The van der Waals surface area contributed by atoms with Crippen LogP contribution in [0.15, 0.2) is 23.4 Å². The van der Waals surface area contributed by atoms with Crippen molar-refractivity contribution in [3.05, 3.63) is 41.0 Å². The van der Waals surface area contributed by atoms with Gasteiger partial charge >= 0.3 is 12.3 Å². The van der Waals surface area contributed by atoms with Gasteiger partial charge in [0.25, 0.3) is 0 Å². The van der Waals surface area contributed by atoms with Gasteiger partial charge in [-0.1, -0.05) is 17.8 Å². The number of rotatable bonds is 4. The molecule has 3 heterocycles. The van der Waals surface area contributed by atoms with Crippen molar-refractivity contribution in [1.29, 1.82) is 5.26 Å². The number of carbonyl (C=O) groups is 1. The number of nitrogens with zero attached hydrogens (tertiary/aromatic N) is 4. The number of nitriles is 1. The predicted molar refractivity (Wildman–Crippen MR) is 141 cm³/mol. The number of hydrogen-bond acceptors (Lipinski definition) is 8. The second kappa shape index (κ2) is 10.7. The summed E-state index contributed by atoms with van der Waals surface area (Å²) in [5.74, 6) is -2.11. The van der Waals surface area contributed by atoms with Crippen molar-refractivity contribution in [2.24, 2.45) is 0 Å². The van der Waals surface area contributed by atoms with Crippen LogP contribution in [0.1, 0.15) is 17.5 Å². The number of aromatic nitrogens is 2. The van der Waals surface area contributed by atoms with E-state index in [9.17, 15) is 27.6 Å². The molecule has 0 unspecified atom stereocenters. The van der Waals surface area contributed by atoms with Gasteiger partial charge in [0.1, 0.15) is 28.2 Å². The van der Waals surface area contributed by atoms with Crippen LogP contribution in [0, 0.1) is 23.0 Å². The second-order valence-electron chi connectivity index (χ2n) is 8.64. The number of halogens is 5. The minimum absolute atomic E-state index is 0.126. The molecule has 2 N–H and O–H groups in total. The maximum Gasteiger partial charge on any atom is 0.417 e. The zero-order valence-electron chi connectivity index (χ0n) is 20.5. The number of ether oxygens (including phenoxy) is 1. The molecule has 1 amide bonds. The number of alkyl halides is 3. The molecule has 1 aliphatic heterocycles. The van der Waals surface area contributed by atoms with Gasteiger partial charge in [-0.3, -0.25) is 5.32 Å². The van der Waals surface area contributed by atoms with Crippen LogP contribution in [-0.2, 0) is 10.9 Å². The molecule has 4 aromatic rings. The lowest BCUT2D eigenvalue weighted by Crippen LogP contribution is -2.27. The average molecular weight is 596 g/mol. The molecule has 8 nitrogen and oxygen atoms in total. The molecule has 1 saturated heterocycles. The van der Waals surface area contributed by atoms with Crippen molar-refractivity contribution in [2.75, 3.05) is 42.8 Å². The van der Waals surface area contributed by atoms with Crippen LogP contribution < -0.4 is 10.2 Å². The van der Waals surface area contributed by atoms with E-state index in [0.717, 1.165) is 30.0 Å². The first kappa shape index (κ1) is 27.8. The van der Waals surface area contributed by atoms with E-state index >= 15 is 4.39 Å². The zero-order valence-corrected chi connectivity index (χ0v) is 22.2. The monoisotopic (exact) mass is 595 g/mol. The summed E-state index contributed by atoms with van der Waals surface area (Å²) in [4.78, 5) is 21.6. The van der Waals surface area contributed by atoms with E-state index in [4.69, 9.17) is 9.84 Å². The number of fused-ring (bicyclic) bond motifs is 2. The Hall–Kier alpha value is -3.74. The van der Waals surface area contributed by atoms with Crippen LogP contribution in [0.3, 0.4) is 0 Å². The molecule has 5 rings (SSSR count). The van der Waals surface area contributed by atoms with Gasteiger partial charge in [0.05, 0.1) is 22.4 Å². The summed E-state index contributed by atoms with van der Waals surface area (Å²) in [7, 11) is 0. The Kier molecular flexibility index (Phi) is 7.42. The number of thiophene rings is 1. The molecule has 0 radical (unpaired) electrons. The van der Waals surface area contributed by atoms with E-state index in [1.54, 1.807) is 17.2 Å². The van der Waals surface area contributed by atoms with Crippen LogP contribution in [0.2, 0.25) is 0 Å². The molecular weight excluding hydrogens is 577 g/mol. The highest BCUT2D eigenvalue weighted by Gasteiger charge is 2.38. The third kappa shape index (κ3) is 4.87. The smallest absolute Gasteiger partial charge is 0.417 e. The van der Waals surface area contributed by atoms with Gasteiger partial charge in [-0.05, 0) is 30.4 Å². The summed E-state index contributed by atoms with van der Waals surface area (Å²) in [6.45, 7) is 1.51. The lowest BCUT2D eigenvalue weighted by Gasteiger charge is -2.24. The summed E-state index contributed by atoms with van der Waals surface area (Å²) in [6.07, 6.45) is -4.41. The normalized spacial score (nSPS) is 14.4. The third-order valence-electron chi connectivity index (χ3n) is 6.29. The fraction of sp³-hybridized carbons (Fsp3) is 0.280. The van der Waals surface area contributed by atoms with Gasteiger partial charge in [-0.15, -0.1) is 11.3 Å². The van der Waals surface area contributed by atoms with Crippen molar-refractivity contribution in [2.45, 2.75) is 17.8 Å². The zero-order chi connectivity index (χ0) is 28.8. The maximum absolute atomic E-state index is 16.4. The molecule has 0 bridgehead atoms. The van der Waals surface area contributed by atoms with Crippen LogP contribution in [0.25, 0.3) is 32.1 Å². The summed E-state index contributed by atoms with van der Waals surface area (Å²) in [6, 6.07) is 4.28. The van der Waals surface area contributed by atoms with Crippen LogP contribution >= 0.6 is 23.1 Å². The molecular formula is C25H18F5N5O3S2. The van der Waals surface area contributed by atoms with Crippen molar-refractivity contribution in [1.82, 2.24) is 9.97 Å². The lowest BCUT2D eigenvalue weighted by molar-refractivity contribution is -0.137. The predicted octanol–water partition coefficient (Wildman–Crippen LogP) is 6.72. The van der Waals surface area contributed by atoms with Gasteiger partial charge in [0.2, 0.25) is 0 Å². The minimum atomic E-state index is -5.08. The van der Waals surface area contributed by atoms with Gasteiger partial charge in [-0.2, -0.15) is 18.4 Å². The number of hydrogen-bond donors (Lipinski definition) is 2. The molecule has 2 aromatic carbocycles. The van der Waals surface area contributed by atoms with Crippen molar-refractivity contribution in [3.8, 4) is 17.2 Å². The van der Waals surface area contributed by atoms with Crippen molar-refractivity contribution < 1.29 is 36.6 Å². The largest absolute Gasteiger partial charge is 0.465 e. The average Bonchev–Trinajstić information content (AvgIpc) is 3.06. The number of thioether (sulfide) groups is 1. The lowest BCUT2D eigenvalue weighted by atomic mass is 9.92. The molecule has 0 saturated carbocycles. The van der Waals surface area contributed by atoms with E-state index in [2.05, 4.69) is 9.97 Å². The van der Waals surface area contributed by atoms with Gasteiger partial charge < -0.3 is 14.7 Å². The first-order chi connectivity index (χ1) is 19.0. The summed E-state index contributed by atoms with van der Waals surface area (Å²) in [5.41, 5.74) is -3.54. The van der Waals surface area contributed by atoms with Crippen LogP contribution in [0.5, 0.6) is 0 Å². The van der Waals surface area contributed by atoms with Gasteiger partial charge in [0.15, 0.2) is 11.0 Å². The molecule has 15 heteroatoms. The van der Waals surface area contributed by atoms with E-state index in [1.807, 2.05) is 5.32 Å². The Labute approximate surface area is 231 Å². The Morgan fingerprint density at radius 3 is 2.70 bits per heavy atom. The third-order valence-corrected chi connectivity index (χ3v) is 7.95. The summed E-state index contributed by atoms with van der Waals surface area (Å²) in [5, 5.41) is 20.2. The van der Waals surface area contributed by atoms with E-state index in [0.29, 0.717) is 44.1 Å². The maximum atomic E-state index is 16.4. The van der Waals surface area contributed by atoms with E-state index in [1.165, 1.54) is 0 Å². The highest BCUT2D eigenvalue weighted by atomic mass is 32.2. The highest BCUT2D eigenvalue weighted by Crippen LogP contribution is 2.48. The Morgan fingerprint density at radius 2 is 2.02 bits per heavy atom. The Morgan fingerprint density at radius 1 is 1.25 bits per heavy atom. The fourth-order valence-electron chi connectivity index (χ4n) is 4.64. The van der Waals surface area contributed by atoms with Crippen LogP contribution in [-0.4, -0.2) is 53.7 Å².